The first-order valence-electron chi connectivity index (χ1n) is 7.25. The van der Waals surface area contributed by atoms with Crippen molar-refractivity contribution in [3.05, 3.63) is 30.2 Å². The SMILES string of the molecule is c1cnc(N2CCC(c3noc(C4CC4)n3)CC2)nc1. The van der Waals surface area contributed by atoms with Crippen LogP contribution in [0.25, 0.3) is 0 Å². The number of hydrogen-bond donors (Lipinski definition) is 0. The van der Waals surface area contributed by atoms with Gasteiger partial charge in [0, 0.05) is 37.3 Å². The Labute approximate surface area is 117 Å². The third-order valence-electron chi connectivity index (χ3n) is 4.08. The number of hydrogen-bond acceptors (Lipinski definition) is 6. The molecular weight excluding hydrogens is 254 g/mol. The van der Waals surface area contributed by atoms with Crippen LogP contribution >= 0.6 is 0 Å². The van der Waals surface area contributed by atoms with Crippen LogP contribution in [-0.2, 0) is 0 Å². The summed E-state index contributed by atoms with van der Waals surface area (Å²) in [5, 5.41) is 4.16. The molecule has 4 rings (SSSR count). The first-order valence-corrected chi connectivity index (χ1v) is 7.25. The van der Waals surface area contributed by atoms with Crippen LogP contribution in [0, 0.1) is 0 Å². The van der Waals surface area contributed by atoms with Crippen LogP contribution in [-0.4, -0.2) is 33.2 Å². The summed E-state index contributed by atoms with van der Waals surface area (Å²) in [7, 11) is 0. The minimum atomic E-state index is 0.409. The van der Waals surface area contributed by atoms with E-state index >= 15 is 0 Å². The third kappa shape index (κ3) is 2.26. The monoisotopic (exact) mass is 271 g/mol. The summed E-state index contributed by atoms with van der Waals surface area (Å²) in [5.74, 6) is 3.49. The molecule has 0 N–H and O–H groups in total. The van der Waals surface area contributed by atoms with E-state index in [9.17, 15) is 0 Å². The molecule has 6 nitrogen and oxygen atoms in total. The zero-order chi connectivity index (χ0) is 13.4. The van der Waals surface area contributed by atoms with Crippen LogP contribution in [0.15, 0.2) is 23.0 Å². The van der Waals surface area contributed by atoms with Crippen LogP contribution in [0.2, 0.25) is 0 Å². The summed E-state index contributed by atoms with van der Waals surface area (Å²) in [6, 6.07) is 1.84. The number of nitrogens with zero attached hydrogens (tertiary/aromatic N) is 5. The van der Waals surface area contributed by atoms with Crippen LogP contribution in [0.1, 0.15) is 49.2 Å². The van der Waals surface area contributed by atoms with Gasteiger partial charge in [-0.3, -0.25) is 0 Å². The molecule has 0 radical (unpaired) electrons. The molecule has 0 aromatic carbocycles. The first-order chi connectivity index (χ1) is 9.90. The molecule has 104 valence electrons. The Morgan fingerprint density at radius 1 is 1.00 bits per heavy atom. The largest absolute Gasteiger partial charge is 0.341 e. The van der Waals surface area contributed by atoms with Gasteiger partial charge in [0.05, 0.1) is 0 Å². The molecule has 2 fully saturated rings. The topological polar surface area (TPSA) is 67.9 Å². The molecule has 2 aromatic rings. The lowest BCUT2D eigenvalue weighted by molar-refractivity contribution is 0.364. The fourth-order valence-corrected chi connectivity index (χ4v) is 2.70. The maximum atomic E-state index is 5.35. The highest BCUT2D eigenvalue weighted by atomic mass is 16.5. The van der Waals surface area contributed by atoms with E-state index in [0.29, 0.717) is 11.8 Å². The number of anilines is 1. The molecule has 1 saturated carbocycles. The van der Waals surface area contributed by atoms with Gasteiger partial charge in [0.2, 0.25) is 11.8 Å². The Morgan fingerprint density at radius 3 is 2.45 bits per heavy atom. The Balaban J connectivity index is 1.41. The number of rotatable bonds is 3. The molecule has 1 aliphatic heterocycles. The van der Waals surface area contributed by atoms with E-state index in [1.54, 1.807) is 12.4 Å². The average Bonchev–Trinajstić information content (AvgIpc) is 3.26. The Hall–Kier alpha value is -1.98. The molecule has 6 heteroatoms. The van der Waals surface area contributed by atoms with Gasteiger partial charge in [0.25, 0.3) is 0 Å². The van der Waals surface area contributed by atoms with E-state index in [2.05, 4.69) is 25.0 Å². The molecule has 20 heavy (non-hydrogen) atoms. The summed E-state index contributed by atoms with van der Waals surface area (Å²) in [5.41, 5.74) is 0. The normalized spacial score (nSPS) is 20.3. The lowest BCUT2D eigenvalue weighted by Crippen LogP contribution is -2.34. The minimum Gasteiger partial charge on any atom is -0.341 e. The fourth-order valence-electron chi connectivity index (χ4n) is 2.70. The second-order valence-corrected chi connectivity index (χ2v) is 5.58. The van der Waals surface area contributed by atoms with Crippen molar-refractivity contribution in [2.45, 2.75) is 37.5 Å². The van der Waals surface area contributed by atoms with Crippen LogP contribution in [0.5, 0.6) is 0 Å². The Kier molecular flexibility index (Phi) is 2.86. The molecule has 1 saturated heterocycles. The summed E-state index contributed by atoms with van der Waals surface area (Å²) >= 11 is 0. The highest BCUT2D eigenvalue weighted by molar-refractivity contribution is 5.29. The molecule has 0 amide bonds. The Morgan fingerprint density at radius 2 is 1.75 bits per heavy atom. The lowest BCUT2D eigenvalue weighted by atomic mass is 9.96. The molecule has 1 aliphatic carbocycles. The van der Waals surface area contributed by atoms with Gasteiger partial charge in [0.15, 0.2) is 5.82 Å². The summed E-state index contributed by atoms with van der Waals surface area (Å²) in [6.07, 6.45) is 8.03. The molecule has 3 heterocycles. The van der Waals surface area contributed by atoms with Gasteiger partial charge in [0.1, 0.15) is 0 Å². The highest BCUT2D eigenvalue weighted by Crippen LogP contribution is 2.39. The molecular formula is C14H17N5O. The van der Waals surface area contributed by atoms with Crippen LogP contribution in [0.3, 0.4) is 0 Å². The van der Waals surface area contributed by atoms with Gasteiger partial charge in [-0.15, -0.1) is 0 Å². The van der Waals surface area contributed by atoms with Crippen molar-refractivity contribution in [2.75, 3.05) is 18.0 Å². The van der Waals surface area contributed by atoms with E-state index < -0.39 is 0 Å². The quantitative estimate of drug-likeness (QED) is 0.851. The van der Waals surface area contributed by atoms with Crippen molar-refractivity contribution >= 4 is 5.95 Å². The maximum absolute atomic E-state index is 5.35. The fraction of sp³-hybridized carbons (Fsp3) is 0.571. The molecule has 0 unspecified atom stereocenters. The van der Waals surface area contributed by atoms with E-state index in [-0.39, 0.29) is 0 Å². The van der Waals surface area contributed by atoms with Gasteiger partial charge < -0.3 is 9.42 Å². The van der Waals surface area contributed by atoms with Gasteiger partial charge >= 0.3 is 0 Å². The van der Waals surface area contributed by atoms with E-state index in [4.69, 9.17) is 4.52 Å². The van der Waals surface area contributed by atoms with Gasteiger partial charge in [-0.1, -0.05) is 5.16 Å². The Bertz CT molecular complexity index is 572. The van der Waals surface area contributed by atoms with Crippen LogP contribution < -0.4 is 4.90 Å². The molecule has 0 bridgehead atoms. The summed E-state index contributed by atoms with van der Waals surface area (Å²) < 4.78 is 5.35. The van der Waals surface area contributed by atoms with Gasteiger partial charge in [-0.2, -0.15) is 4.98 Å². The van der Waals surface area contributed by atoms with Crippen molar-refractivity contribution < 1.29 is 4.52 Å². The summed E-state index contributed by atoms with van der Waals surface area (Å²) in [4.78, 5) is 15.4. The summed E-state index contributed by atoms with van der Waals surface area (Å²) in [6.45, 7) is 1.89. The number of aromatic nitrogens is 4. The van der Waals surface area contributed by atoms with E-state index in [1.165, 1.54) is 12.8 Å². The van der Waals surface area contributed by atoms with E-state index in [0.717, 1.165) is 43.6 Å². The minimum absolute atomic E-state index is 0.409. The van der Waals surface area contributed by atoms with E-state index in [1.807, 2.05) is 6.07 Å². The smallest absolute Gasteiger partial charge is 0.229 e. The molecule has 0 spiro atoms. The molecule has 0 atom stereocenters. The van der Waals surface area contributed by atoms with Crippen LogP contribution in [0.4, 0.5) is 5.95 Å². The predicted molar refractivity (Wildman–Crippen MR) is 72.5 cm³/mol. The average molecular weight is 271 g/mol. The lowest BCUT2D eigenvalue weighted by Gasteiger charge is -2.30. The highest BCUT2D eigenvalue weighted by Gasteiger charge is 2.32. The second-order valence-electron chi connectivity index (χ2n) is 5.58. The van der Waals surface area contributed by atoms with Crippen molar-refractivity contribution in [1.29, 1.82) is 0 Å². The standard InChI is InChI=1S/C14H17N5O/c1-6-15-14(16-7-1)19-8-4-10(5-9-19)12-17-13(20-18-12)11-2-3-11/h1,6-7,10-11H,2-5,8-9H2. The molecule has 2 aliphatic rings. The van der Waals surface area contributed by atoms with Gasteiger partial charge in [-0.05, 0) is 31.7 Å². The van der Waals surface area contributed by atoms with Crippen molar-refractivity contribution in [1.82, 2.24) is 20.1 Å². The molecule has 2 aromatic heterocycles. The zero-order valence-corrected chi connectivity index (χ0v) is 11.3. The maximum Gasteiger partial charge on any atom is 0.229 e. The van der Waals surface area contributed by atoms with Crippen molar-refractivity contribution in [3.63, 3.8) is 0 Å². The second kappa shape index (κ2) is 4.85. The van der Waals surface area contributed by atoms with Crippen molar-refractivity contribution in [2.24, 2.45) is 0 Å². The predicted octanol–water partition coefficient (Wildman–Crippen LogP) is 2.12. The zero-order valence-electron chi connectivity index (χ0n) is 11.3. The first kappa shape index (κ1) is 11.8. The number of piperidine rings is 1. The third-order valence-corrected chi connectivity index (χ3v) is 4.08. The van der Waals surface area contributed by atoms with Gasteiger partial charge in [-0.25, -0.2) is 9.97 Å². The van der Waals surface area contributed by atoms with Crippen molar-refractivity contribution in [3.8, 4) is 0 Å².